The Morgan fingerprint density at radius 2 is 1.48 bits per heavy atom. The summed E-state index contributed by atoms with van der Waals surface area (Å²) in [5, 5.41) is 19.0. The van der Waals surface area contributed by atoms with Crippen molar-refractivity contribution in [3.8, 4) is 17.2 Å². The van der Waals surface area contributed by atoms with E-state index in [1.807, 2.05) is 0 Å². The van der Waals surface area contributed by atoms with Gasteiger partial charge in [0.05, 0.1) is 19.1 Å². The van der Waals surface area contributed by atoms with Crippen LogP contribution in [0.25, 0.3) is 12.2 Å². The van der Waals surface area contributed by atoms with E-state index in [-0.39, 0.29) is 35.0 Å². The number of benzene rings is 2. The van der Waals surface area contributed by atoms with Crippen molar-refractivity contribution in [1.82, 2.24) is 0 Å². The molecule has 2 aromatic rings. The van der Waals surface area contributed by atoms with Crippen LogP contribution in [0, 0.1) is 0 Å². The number of carbonyl (C=O) groups excluding carboxylic acids is 3. The van der Waals surface area contributed by atoms with Gasteiger partial charge in [0.15, 0.2) is 29.4 Å². The highest BCUT2D eigenvalue weighted by atomic mass is 16.5. The number of ketones is 2. The molecule has 2 rings (SSSR count). The number of rotatable bonds is 8. The van der Waals surface area contributed by atoms with Gasteiger partial charge in [0.2, 0.25) is 0 Å². The van der Waals surface area contributed by atoms with Crippen LogP contribution in [0.4, 0.5) is 0 Å². The first-order valence-corrected chi connectivity index (χ1v) is 8.00. The molecule has 0 saturated carbocycles. The maximum Gasteiger partial charge on any atom is 0.163 e. The molecule has 0 aliphatic heterocycles. The Balaban J connectivity index is 1.97. The molecule has 0 radical (unpaired) electrons. The highest BCUT2D eigenvalue weighted by Crippen LogP contribution is 2.26. The minimum Gasteiger partial charge on any atom is -0.507 e. The van der Waals surface area contributed by atoms with Gasteiger partial charge >= 0.3 is 0 Å². The molecule has 0 bridgehead atoms. The number of ether oxygens (including phenoxy) is 1. The Kier molecular flexibility index (Phi) is 6.66. The van der Waals surface area contributed by atoms with E-state index >= 15 is 0 Å². The number of phenolic OH excluding ortho intramolecular Hbond substituents is 2. The lowest BCUT2D eigenvalue weighted by Crippen LogP contribution is -2.01. The summed E-state index contributed by atoms with van der Waals surface area (Å²) in [7, 11) is 1.42. The molecule has 0 saturated heterocycles. The smallest absolute Gasteiger partial charge is 0.163 e. The van der Waals surface area contributed by atoms with Gasteiger partial charge in [0.25, 0.3) is 0 Å². The van der Waals surface area contributed by atoms with Crippen molar-refractivity contribution in [1.29, 1.82) is 0 Å². The molecule has 0 aliphatic carbocycles. The van der Waals surface area contributed by atoms with Gasteiger partial charge in [-0.2, -0.15) is 0 Å². The summed E-state index contributed by atoms with van der Waals surface area (Å²) in [6, 6.07) is 8.96. The molecule has 0 atom stereocenters. The predicted molar refractivity (Wildman–Crippen MR) is 101 cm³/mol. The van der Waals surface area contributed by atoms with Crippen LogP contribution in [0.1, 0.15) is 27.9 Å². The molecule has 27 heavy (non-hydrogen) atoms. The number of aldehydes is 1. The van der Waals surface area contributed by atoms with Gasteiger partial charge in [-0.15, -0.1) is 0 Å². The van der Waals surface area contributed by atoms with Crippen molar-refractivity contribution >= 4 is 30.0 Å². The van der Waals surface area contributed by atoms with Gasteiger partial charge in [-0.3, -0.25) is 14.4 Å². The third-order valence-corrected chi connectivity index (χ3v) is 3.65. The summed E-state index contributed by atoms with van der Waals surface area (Å²) < 4.78 is 4.99. The lowest BCUT2D eigenvalue weighted by atomic mass is 10.1. The Morgan fingerprint density at radius 3 is 2.04 bits per heavy atom. The molecular formula is C21H18O6. The molecule has 138 valence electrons. The fraction of sp³-hybridized carbons (Fsp3) is 0.0952. The van der Waals surface area contributed by atoms with Crippen LogP contribution in [0.3, 0.4) is 0 Å². The van der Waals surface area contributed by atoms with Gasteiger partial charge in [-0.25, -0.2) is 0 Å². The minimum absolute atomic E-state index is 0.00624. The quantitative estimate of drug-likeness (QED) is 0.423. The number of hydrogen-bond acceptors (Lipinski definition) is 6. The van der Waals surface area contributed by atoms with E-state index in [4.69, 9.17) is 4.74 Å². The van der Waals surface area contributed by atoms with E-state index in [1.165, 1.54) is 49.6 Å². The van der Waals surface area contributed by atoms with E-state index in [0.29, 0.717) is 17.4 Å². The van der Waals surface area contributed by atoms with Crippen LogP contribution in [0.2, 0.25) is 0 Å². The Bertz CT molecular complexity index is 924. The minimum atomic E-state index is -0.395. The molecule has 6 heteroatoms. The van der Waals surface area contributed by atoms with Crippen LogP contribution < -0.4 is 4.74 Å². The van der Waals surface area contributed by atoms with Gasteiger partial charge in [-0.1, -0.05) is 24.3 Å². The number of carbonyl (C=O) groups is 3. The standard InChI is InChI=1S/C21H18O6/c1-27-21-11-15(5-9-20(21)26)3-7-18(24)12-17(23)6-2-14-4-8-19(25)16(10-14)13-22/h2-11,13,25-26H,12H2,1H3. The zero-order valence-corrected chi connectivity index (χ0v) is 14.6. The normalized spacial score (nSPS) is 11.0. The number of hydrogen-bond donors (Lipinski definition) is 2. The summed E-state index contributed by atoms with van der Waals surface area (Å²) in [5.74, 6) is -0.634. The molecule has 0 fully saturated rings. The zero-order chi connectivity index (χ0) is 19.8. The molecule has 2 aromatic carbocycles. The fourth-order valence-corrected chi connectivity index (χ4v) is 2.24. The number of methoxy groups -OCH3 is 1. The van der Waals surface area contributed by atoms with Crippen LogP contribution >= 0.6 is 0 Å². The average Bonchev–Trinajstić information content (AvgIpc) is 2.66. The molecule has 2 N–H and O–H groups in total. The Hall–Kier alpha value is -3.67. The highest BCUT2D eigenvalue weighted by molar-refractivity contribution is 6.10. The van der Waals surface area contributed by atoms with Crippen LogP contribution in [-0.4, -0.2) is 35.2 Å². The second kappa shape index (κ2) is 9.15. The second-order valence-electron chi connectivity index (χ2n) is 5.64. The van der Waals surface area contributed by atoms with Gasteiger partial charge < -0.3 is 14.9 Å². The first kappa shape index (κ1) is 19.7. The van der Waals surface area contributed by atoms with Gasteiger partial charge in [0, 0.05) is 0 Å². The van der Waals surface area contributed by atoms with Crippen molar-refractivity contribution in [2.24, 2.45) is 0 Å². The molecule has 0 heterocycles. The van der Waals surface area contributed by atoms with Crippen LogP contribution in [0.5, 0.6) is 17.2 Å². The molecule has 0 spiro atoms. The van der Waals surface area contributed by atoms with Gasteiger partial charge in [-0.05, 0) is 47.5 Å². The molecule has 6 nitrogen and oxygen atoms in total. The first-order chi connectivity index (χ1) is 12.9. The summed E-state index contributed by atoms with van der Waals surface area (Å²) in [6.07, 6.45) is 5.73. The highest BCUT2D eigenvalue weighted by Gasteiger charge is 2.05. The third kappa shape index (κ3) is 5.67. The number of phenols is 2. The fourth-order valence-electron chi connectivity index (χ4n) is 2.24. The monoisotopic (exact) mass is 366 g/mol. The van der Waals surface area contributed by atoms with Crippen LogP contribution in [-0.2, 0) is 9.59 Å². The molecule has 0 aliphatic rings. The summed E-state index contributed by atoms with van der Waals surface area (Å²) in [5.41, 5.74) is 1.32. The van der Waals surface area contributed by atoms with Gasteiger partial charge in [0.1, 0.15) is 5.75 Å². The van der Waals surface area contributed by atoms with Crippen molar-refractivity contribution in [3.63, 3.8) is 0 Å². The predicted octanol–water partition coefficient (Wildman–Crippen LogP) is 3.17. The lowest BCUT2D eigenvalue weighted by Gasteiger charge is -2.03. The third-order valence-electron chi connectivity index (χ3n) is 3.65. The second-order valence-corrected chi connectivity index (χ2v) is 5.64. The number of allylic oxidation sites excluding steroid dienone is 2. The van der Waals surface area contributed by atoms with Crippen molar-refractivity contribution in [2.45, 2.75) is 6.42 Å². The number of aromatic hydroxyl groups is 2. The Morgan fingerprint density at radius 1 is 0.926 bits per heavy atom. The largest absolute Gasteiger partial charge is 0.507 e. The molecule has 0 unspecified atom stereocenters. The molecule has 0 aromatic heterocycles. The summed E-state index contributed by atoms with van der Waals surface area (Å²) in [4.78, 5) is 34.6. The lowest BCUT2D eigenvalue weighted by molar-refractivity contribution is -0.121. The summed E-state index contributed by atoms with van der Waals surface area (Å²) in [6.45, 7) is 0. The topological polar surface area (TPSA) is 101 Å². The van der Waals surface area contributed by atoms with Crippen molar-refractivity contribution in [2.75, 3.05) is 7.11 Å². The first-order valence-electron chi connectivity index (χ1n) is 8.00. The average molecular weight is 366 g/mol. The van der Waals surface area contributed by atoms with E-state index in [9.17, 15) is 24.6 Å². The van der Waals surface area contributed by atoms with E-state index in [0.717, 1.165) is 0 Å². The van der Waals surface area contributed by atoms with Crippen molar-refractivity contribution < 1.29 is 29.3 Å². The van der Waals surface area contributed by atoms with E-state index in [1.54, 1.807) is 18.2 Å². The maximum absolute atomic E-state index is 11.9. The van der Waals surface area contributed by atoms with E-state index in [2.05, 4.69) is 0 Å². The van der Waals surface area contributed by atoms with Crippen LogP contribution in [0.15, 0.2) is 48.6 Å². The zero-order valence-electron chi connectivity index (χ0n) is 14.6. The van der Waals surface area contributed by atoms with Crippen molar-refractivity contribution in [3.05, 3.63) is 65.2 Å². The molecular weight excluding hydrogens is 348 g/mol. The Labute approximate surface area is 156 Å². The maximum atomic E-state index is 11.9. The molecule has 0 amide bonds. The summed E-state index contributed by atoms with van der Waals surface area (Å²) >= 11 is 0. The SMILES string of the molecule is COc1cc(C=CC(=O)CC(=O)C=Cc2ccc(O)c(C=O)c2)ccc1O. The van der Waals surface area contributed by atoms with E-state index < -0.39 is 5.78 Å².